The SMILES string of the molecule is C=Cn1ccc2sc(-c3ccc(-c4cc5c(ccn5C)s4)c4nsnc34)cc21. The molecular weight excluding hydrogens is 404 g/mol. The number of benzene rings is 1. The van der Waals surface area contributed by atoms with Crippen molar-refractivity contribution in [2.24, 2.45) is 7.05 Å². The number of aryl methyl sites for hydroxylation is 1. The molecule has 0 spiro atoms. The predicted octanol–water partition coefficient (Wildman–Crippen LogP) is 6.70. The lowest BCUT2D eigenvalue weighted by Gasteiger charge is -2.03. The smallest absolute Gasteiger partial charge is 0.114 e. The summed E-state index contributed by atoms with van der Waals surface area (Å²) < 4.78 is 16.1. The summed E-state index contributed by atoms with van der Waals surface area (Å²) in [6, 6.07) is 13.1. The third-order valence-electron chi connectivity index (χ3n) is 5.12. The number of thiophene rings is 2. The van der Waals surface area contributed by atoms with Crippen molar-refractivity contribution in [2.75, 3.05) is 0 Å². The van der Waals surface area contributed by atoms with Gasteiger partial charge in [-0.1, -0.05) is 18.7 Å². The van der Waals surface area contributed by atoms with Gasteiger partial charge in [-0.05, 0) is 24.3 Å². The van der Waals surface area contributed by atoms with Crippen LogP contribution in [0.1, 0.15) is 0 Å². The first kappa shape index (κ1) is 16.2. The third kappa shape index (κ3) is 2.21. The van der Waals surface area contributed by atoms with Gasteiger partial charge < -0.3 is 9.13 Å². The highest BCUT2D eigenvalue weighted by molar-refractivity contribution is 7.22. The van der Waals surface area contributed by atoms with Gasteiger partial charge in [0.25, 0.3) is 0 Å². The number of rotatable bonds is 3. The van der Waals surface area contributed by atoms with Crippen molar-refractivity contribution in [3.8, 4) is 20.9 Å². The van der Waals surface area contributed by atoms with Crippen LogP contribution in [0, 0.1) is 0 Å². The van der Waals surface area contributed by atoms with Crippen molar-refractivity contribution in [1.82, 2.24) is 17.9 Å². The standard InChI is InChI=1S/C21H14N4S3/c1-3-25-9-7-17-15(25)11-19(27-17)13-5-4-12(20-21(13)23-28-22-20)18-10-14-16(26-18)6-8-24(14)2/h3-11H,1H2,2H3. The molecule has 7 heteroatoms. The second-order valence-electron chi connectivity index (χ2n) is 6.67. The van der Waals surface area contributed by atoms with Gasteiger partial charge in [0.1, 0.15) is 11.0 Å². The van der Waals surface area contributed by atoms with Crippen LogP contribution in [0.2, 0.25) is 0 Å². The van der Waals surface area contributed by atoms with Gasteiger partial charge in [0.2, 0.25) is 0 Å². The molecule has 28 heavy (non-hydrogen) atoms. The van der Waals surface area contributed by atoms with Crippen molar-refractivity contribution in [1.29, 1.82) is 0 Å². The molecule has 0 bridgehead atoms. The topological polar surface area (TPSA) is 35.6 Å². The molecule has 0 saturated heterocycles. The second-order valence-corrected chi connectivity index (χ2v) is 9.37. The van der Waals surface area contributed by atoms with Crippen molar-refractivity contribution < 1.29 is 0 Å². The van der Waals surface area contributed by atoms with Crippen LogP contribution in [-0.4, -0.2) is 17.9 Å². The molecule has 0 N–H and O–H groups in total. The van der Waals surface area contributed by atoms with E-state index in [0.29, 0.717) is 0 Å². The van der Waals surface area contributed by atoms with Crippen LogP contribution < -0.4 is 0 Å². The molecule has 1 aromatic carbocycles. The van der Waals surface area contributed by atoms with Gasteiger partial charge in [0.05, 0.1) is 32.2 Å². The van der Waals surface area contributed by atoms with Crippen LogP contribution in [-0.2, 0) is 7.05 Å². The van der Waals surface area contributed by atoms with Crippen molar-refractivity contribution >= 4 is 72.1 Å². The maximum absolute atomic E-state index is 4.65. The molecule has 136 valence electrons. The third-order valence-corrected chi connectivity index (χ3v) is 7.89. The molecule has 0 atom stereocenters. The number of fused-ring (bicyclic) bond motifs is 3. The summed E-state index contributed by atoms with van der Waals surface area (Å²) in [7, 11) is 2.08. The van der Waals surface area contributed by atoms with Gasteiger partial charge >= 0.3 is 0 Å². The Morgan fingerprint density at radius 2 is 1.46 bits per heavy atom. The molecule has 0 aliphatic carbocycles. The van der Waals surface area contributed by atoms with Crippen LogP contribution in [0.5, 0.6) is 0 Å². The molecule has 0 amide bonds. The van der Waals surface area contributed by atoms with Gasteiger partial charge in [0.15, 0.2) is 0 Å². The average Bonchev–Trinajstić information content (AvgIpc) is 3.48. The Morgan fingerprint density at radius 1 is 0.857 bits per heavy atom. The maximum atomic E-state index is 4.65. The minimum Gasteiger partial charge on any atom is -0.350 e. The van der Waals surface area contributed by atoms with Crippen molar-refractivity contribution in [2.45, 2.75) is 0 Å². The van der Waals surface area contributed by atoms with E-state index in [2.05, 4.69) is 74.1 Å². The minimum absolute atomic E-state index is 0.981. The Labute approximate surface area is 172 Å². The molecule has 5 heterocycles. The quantitative estimate of drug-likeness (QED) is 0.321. The fraction of sp³-hybridized carbons (Fsp3) is 0.0476. The van der Waals surface area contributed by atoms with Gasteiger partial charge in [-0.2, -0.15) is 8.75 Å². The number of hydrogen-bond acceptors (Lipinski definition) is 5. The zero-order valence-corrected chi connectivity index (χ0v) is 17.4. The molecule has 6 rings (SSSR count). The molecule has 0 fully saturated rings. The average molecular weight is 419 g/mol. The van der Waals surface area contributed by atoms with E-state index >= 15 is 0 Å². The summed E-state index contributed by atoms with van der Waals surface area (Å²) in [6.45, 7) is 3.89. The summed E-state index contributed by atoms with van der Waals surface area (Å²) >= 11 is 4.87. The lowest BCUT2D eigenvalue weighted by atomic mass is 10.1. The summed E-state index contributed by atoms with van der Waals surface area (Å²) in [4.78, 5) is 2.45. The molecule has 5 aromatic heterocycles. The number of hydrogen-bond donors (Lipinski definition) is 0. The van der Waals surface area contributed by atoms with Gasteiger partial charge in [-0.3, -0.25) is 0 Å². The normalized spacial score (nSPS) is 11.9. The zero-order valence-electron chi connectivity index (χ0n) is 14.9. The summed E-state index contributed by atoms with van der Waals surface area (Å²) in [5.41, 5.74) is 6.70. The lowest BCUT2D eigenvalue weighted by Crippen LogP contribution is -1.83. The van der Waals surface area contributed by atoms with E-state index in [1.165, 1.54) is 41.9 Å². The Morgan fingerprint density at radius 3 is 2.11 bits per heavy atom. The zero-order chi connectivity index (χ0) is 18.8. The monoisotopic (exact) mass is 418 g/mol. The first-order valence-corrected chi connectivity index (χ1v) is 11.1. The van der Waals surface area contributed by atoms with Crippen LogP contribution >= 0.6 is 34.4 Å². The van der Waals surface area contributed by atoms with Crippen LogP contribution in [0.3, 0.4) is 0 Å². The summed E-state index contributed by atoms with van der Waals surface area (Å²) in [6.07, 6.45) is 5.98. The maximum Gasteiger partial charge on any atom is 0.114 e. The Kier molecular flexibility index (Phi) is 3.41. The highest BCUT2D eigenvalue weighted by Crippen LogP contribution is 2.42. The molecule has 4 nitrogen and oxygen atoms in total. The molecule has 0 saturated carbocycles. The fourth-order valence-corrected chi connectivity index (χ4v) is 6.46. The number of aromatic nitrogens is 4. The first-order valence-electron chi connectivity index (χ1n) is 8.77. The van der Waals surface area contributed by atoms with E-state index < -0.39 is 0 Å². The number of nitrogens with zero attached hydrogens (tertiary/aromatic N) is 4. The molecule has 0 unspecified atom stereocenters. The van der Waals surface area contributed by atoms with Crippen LogP contribution in [0.25, 0.3) is 58.5 Å². The highest BCUT2D eigenvalue weighted by atomic mass is 32.1. The van der Waals surface area contributed by atoms with Gasteiger partial charge in [0, 0.05) is 46.5 Å². The van der Waals surface area contributed by atoms with Crippen LogP contribution in [0.4, 0.5) is 0 Å². The van der Waals surface area contributed by atoms with Crippen LogP contribution in [0.15, 0.2) is 55.4 Å². The van der Waals surface area contributed by atoms with E-state index in [9.17, 15) is 0 Å². The van der Waals surface area contributed by atoms with Crippen molar-refractivity contribution in [3.63, 3.8) is 0 Å². The first-order chi connectivity index (χ1) is 13.7. The van der Waals surface area contributed by atoms with Gasteiger partial charge in [-0.25, -0.2) is 0 Å². The largest absolute Gasteiger partial charge is 0.350 e. The Hall–Kier alpha value is -2.74. The van der Waals surface area contributed by atoms with E-state index in [4.69, 9.17) is 0 Å². The molecule has 0 aliphatic rings. The predicted molar refractivity (Wildman–Crippen MR) is 122 cm³/mol. The molecule has 6 aromatic rings. The van der Waals surface area contributed by atoms with E-state index in [0.717, 1.165) is 22.2 Å². The fourth-order valence-electron chi connectivity index (χ4n) is 3.68. The minimum atomic E-state index is 0.981. The van der Waals surface area contributed by atoms with E-state index in [1.54, 1.807) is 22.7 Å². The summed E-state index contributed by atoms with van der Waals surface area (Å²) in [5.74, 6) is 0. The van der Waals surface area contributed by atoms with Crippen molar-refractivity contribution in [3.05, 3.63) is 55.4 Å². The summed E-state index contributed by atoms with van der Waals surface area (Å²) in [5, 5.41) is 0. The lowest BCUT2D eigenvalue weighted by molar-refractivity contribution is 0.970. The molecule has 0 radical (unpaired) electrons. The molecular formula is C21H14N4S3. The Balaban J connectivity index is 1.55. The molecule has 0 aliphatic heterocycles. The second kappa shape index (κ2) is 5.88. The van der Waals surface area contributed by atoms with E-state index in [-0.39, 0.29) is 0 Å². The Bertz CT molecular complexity index is 1500. The highest BCUT2D eigenvalue weighted by Gasteiger charge is 2.17. The van der Waals surface area contributed by atoms with E-state index in [1.807, 2.05) is 12.4 Å². The van der Waals surface area contributed by atoms with Gasteiger partial charge in [-0.15, -0.1) is 22.7 Å².